The molecule has 0 heterocycles. The standard InChI is InChI=1S/C7H5F6Si.3C4H10O.Zr/c8-6(9,10)14(7(11,12)13)5-3-1-2-4-5;3*1-2-3-4-5;/h1-4,14H;3*5H,2-4H2,1H3;/q-1;;;;. The molecule has 0 aliphatic rings. The number of aliphatic hydroxyl groups is 3. The molecule has 3 nitrogen and oxygen atoms in total. The van der Waals surface area contributed by atoms with Crippen LogP contribution < -0.4 is 5.19 Å². The van der Waals surface area contributed by atoms with E-state index in [1.807, 2.05) is 0 Å². The number of alkyl halides is 6. The van der Waals surface area contributed by atoms with E-state index in [2.05, 4.69) is 20.8 Å². The van der Waals surface area contributed by atoms with Gasteiger partial charge in [-0.25, -0.2) is 12.1 Å². The summed E-state index contributed by atoms with van der Waals surface area (Å²) in [6, 6.07) is 4.09. The zero-order valence-electron chi connectivity index (χ0n) is 17.9. The summed E-state index contributed by atoms with van der Waals surface area (Å²) < 4.78 is 72.7. The number of unbranched alkanes of at least 4 members (excludes halogenated alkanes) is 3. The van der Waals surface area contributed by atoms with Crippen molar-refractivity contribution in [1.29, 1.82) is 0 Å². The molecule has 0 spiro atoms. The first kappa shape index (κ1) is 37.2. The maximum atomic E-state index is 12.1. The molecule has 180 valence electrons. The van der Waals surface area contributed by atoms with Gasteiger partial charge < -0.3 is 15.3 Å². The number of rotatable bonds is 7. The fourth-order valence-electron chi connectivity index (χ4n) is 1.62. The van der Waals surface area contributed by atoms with Crippen molar-refractivity contribution in [3.05, 3.63) is 24.3 Å². The summed E-state index contributed by atoms with van der Waals surface area (Å²) in [4.78, 5) is 0. The third kappa shape index (κ3) is 24.2. The Hall–Kier alpha value is -0.0900. The van der Waals surface area contributed by atoms with Crippen molar-refractivity contribution in [2.24, 2.45) is 0 Å². The summed E-state index contributed by atoms with van der Waals surface area (Å²) in [5.74, 6) is -10.3. The van der Waals surface area contributed by atoms with Crippen LogP contribution in [0.4, 0.5) is 26.3 Å². The van der Waals surface area contributed by atoms with Gasteiger partial charge in [0.25, 0.3) is 8.80 Å². The van der Waals surface area contributed by atoms with Crippen LogP contribution in [0.3, 0.4) is 0 Å². The summed E-state index contributed by atoms with van der Waals surface area (Å²) in [5, 5.41) is 23.6. The molecule has 0 atom stereocenters. The van der Waals surface area contributed by atoms with Crippen molar-refractivity contribution in [3.63, 3.8) is 0 Å². The molecule has 0 unspecified atom stereocenters. The zero-order valence-corrected chi connectivity index (χ0v) is 21.5. The zero-order chi connectivity index (χ0) is 23.3. The molecular weight excluding hydrogens is 510 g/mol. The van der Waals surface area contributed by atoms with Gasteiger partial charge in [0.1, 0.15) is 0 Å². The molecule has 3 N–H and O–H groups in total. The molecule has 0 aliphatic heterocycles. The smallest absolute Gasteiger partial charge is 0.361 e. The van der Waals surface area contributed by atoms with Crippen molar-refractivity contribution in [2.75, 3.05) is 19.8 Å². The Bertz CT molecular complexity index is 395. The predicted molar refractivity (Wildman–Crippen MR) is 107 cm³/mol. The van der Waals surface area contributed by atoms with Crippen LogP contribution in [0.1, 0.15) is 59.3 Å². The van der Waals surface area contributed by atoms with Gasteiger partial charge in [0.15, 0.2) is 0 Å². The minimum atomic E-state index is -5.16. The fraction of sp³-hybridized carbons (Fsp3) is 0.737. The quantitative estimate of drug-likeness (QED) is 0.271. The molecule has 0 aromatic heterocycles. The Labute approximate surface area is 196 Å². The van der Waals surface area contributed by atoms with Gasteiger partial charge in [0, 0.05) is 46.0 Å². The first-order valence-electron chi connectivity index (χ1n) is 9.65. The third-order valence-corrected chi connectivity index (χ3v) is 5.57. The number of hydrogen-bond donors (Lipinski definition) is 3. The number of hydrogen-bond acceptors (Lipinski definition) is 3. The maximum absolute atomic E-state index is 12.1. The number of halogens is 6. The SMILES string of the molecule is CCCCO.CCCCO.CCCCO.FC(F)(F)[SiH]([c-]1cccc1)C(F)(F)F.[Zr]. The second-order valence-electron chi connectivity index (χ2n) is 5.97. The minimum absolute atomic E-state index is 0. The Balaban J connectivity index is -0.000000176. The van der Waals surface area contributed by atoms with Gasteiger partial charge in [0.2, 0.25) is 0 Å². The van der Waals surface area contributed by atoms with Gasteiger partial charge >= 0.3 is 11.6 Å². The Morgan fingerprint density at radius 1 is 0.667 bits per heavy atom. The van der Waals surface area contributed by atoms with Gasteiger partial charge in [-0.15, -0.1) is 5.19 Å². The predicted octanol–water partition coefficient (Wildman–Crippen LogP) is 4.38. The molecule has 1 aromatic rings. The molecule has 11 heteroatoms. The van der Waals surface area contributed by atoms with Crippen molar-refractivity contribution >= 4 is 14.0 Å². The fourth-order valence-corrected chi connectivity index (χ4v) is 3.35. The topological polar surface area (TPSA) is 60.7 Å². The van der Waals surface area contributed by atoms with Crippen LogP contribution in [0.5, 0.6) is 0 Å². The van der Waals surface area contributed by atoms with Crippen LogP contribution in [0.25, 0.3) is 0 Å². The van der Waals surface area contributed by atoms with Crippen LogP contribution in [0.2, 0.25) is 0 Å². The van der Waals surface area contributed by atoms with Crippen LogP contribution >= 0.6 is 0 Å². The Morgan fingerprint density at radius 2 is 0.933 bits per heavy atom. The monoisotopic (exact) mass is 543 g/mol. The van der Waals surface area contributed by atoms with Gasteiger partial charge in [-0.05, 0) is 19.3 Å². The van der Waals surface area contributed by atoms with E-state index in [-0.39, 0.29) is 26.2 Å². The van der Waals surface area contributed by atoms with Gasteiger partial charge in [-0.1, -0.05) is 40.0 Å². The first-order valence-corrected chi connectivity index (χ1v) is 11.4. The minimum Gasteiger partial charge on any atom is -0.396 e. The largest absolute Gasteiger partial charge is 0.396 e. The molecule has 0 saturated heterocycles. The van der Waals surface area contributed by atoms with E-state index in [9.17, 15) is 26.3 Å². The van der Waals surface area contributed by atoms with E-state index in [0.717, 1.165) is 50.7 Å². The van der Waals surface area contributed by atoms with E-state index >= 15 is 0 Å². The van der Waals surface area contributed by atoms with Crippen LogP contribution in [0.15, 0.2) is 24.3 Å². The van der Waals surface area contributed by atoms with Crippen LogP contribution in [-0.4, -0.2) is 55.5 Å². The van der Waals surface area contributed by atoms with E-state index in [0.29, 0.717) is 19.8 Å². The molecule has 30 heavy (non-hydrogen) atoms. The van der Waals surface area contributed by atoms with Crippen LogP contribution in [0, 0.1) is 0 Å². The average Bonchev–Trinajstić information content (AvgIpc) is 3.10. The van der Waals surface area contributed by atoms with Gasteiger partial charge in [-0.3, -0.25) is 0 Å². The van der Waals surface area contributed by atoms with Crippen molar-refractivity contribution in [1.82, 2.24) is 0 Å². The van der Waals surface area contributed by atoms with E-state index < -0.39 is 25.6 Å². The molecule has 0 saturated carbocycles. The molecule has 0 fully saturated rings. The summed E-state index contributed by atoms with van der Waals surface area (Å²) in [7, 11) is -4.92. The van der Waals surface area contributed by atoms with Crippen molar-refractivity contribution < 1.29 is 67.9 Å². The van der Waals surface area contributed by atoms with E-state index in [4.69, 9.17) is 15.3 Å². The second kappa shape index (κ2) is 23.6. The van der Waals surface area contributed by atoms with E-state index in [1.165, 1.54) is 12.1 Å². The molecule has 0 bridgehead atoms. The third-order valence-electron chi connectivity index (χ3n) is 3.21. The van der Waals surface area contributed by atoms with E-state index in [1.54, 1.807) is 0 Å². The summed E-state index contributed by atoms with van der Waals surface area (Å²) in [5.41, 5.74) is 0. The Kier molecular flexibility index (Phi) is 29.3. The molecule has 1 aromatic carbocycles. The molecule has 0 radical (unpaired) electrons. The van der Waals surface area contributed by atoms with Gasteiger partial charge in [-0.2, -0.15) is 38.5 Å². The normalized spacial score (nSPS) is 10.6. The Morgan fingerprint density at radius 3 is 1.07 bits per heavy atom. The van der Waals surface area contributed by atoms with Gasteiger partial charge in [0.05, 0.1) is 0 Å². The van der Waals surface area contributed by atoms with Crippen molar-refractivity contribution in [2.45, 2.75) is 70.9 Å². The number of aliphatic hydroxyl groups excluding tert-OH is 3. The summed E-state index contributed by atoms with van der Waals surface area (Å²) in [6.07, 6.45) is 6.11. The maximum Gasteiger partial charge on any atom is 0.361 e. The molecule has 0 amide bonds. The van der Waals surface area contributed by atoms with Crippen molar-refractivity contribution in [3.8, 4) is 0 Å². The molecule has 1 rings (SSSR count). The summed E-state index contributed by atoms with van der Waals surface area (Å²) >= 11 is 0. The van der Waals surface area contributed by atoms with Crippen LogP contribution in [-0.2, 0) is 26.2 Å². The summed E-state index contributed by atoms with van der Waals surface area (Å²) in [6.45, 7) is 7.19. The molecule has 0 aliphatic carbocycles. The average molecular weight is 545 g/mol. The molecular formula is C19H35F6O3SiZr-. The first-order chi connectivity index (χ1) is 13.5. The second-order valence-corrected chi connectivity index (χ2v) is 8.81.